The molecule has 2 aromatic carbocycles. The Morgan fingerprint density at radius 2 is 1.77 bits per heavy atom. The number of aromatic nitrogens is 2. The zero-order chi connectivity index (χ0) is 23.1. The van der Waals surface area contributed by atoms with Gasteiger partial charge in [0.15, 0.2) is 11.6 Å². The Hall–Kier alpha value is -3.32. The molecule has 0 fully saturated rings. The fraction of sp³-hybridized carbons (Fsp3) is 0.111. The number of rotatable bonds is 5. The minimum atomic E-state index is -4.76. The Morgan fingerprint density at radius 3 is 2.29 bits per heavy atom. The molecule has 0 saturated heterocycles. The second-order valence-corrected chi connectivity index (χ2v) is 7.93. The molecule has 0 spiro atoms. The third-order valence-electron chi connectivity index (χ3n) is 4.24. The van der Waals surface area contributed by atoms with E-state index in [9.17, 15) is 35.2 Å². The van der Waals surface area contributed by atoms with E-state index in [0.29, 0.717) is 29.2 Å². The van der Waals surface area contributed by atoms with Crippen LogP contribution in [0.2, 0.25) is 0 Å². The van der Waals surface area contributed by atoms with Gasteiger partial charge >= 0.3 is 6.18 Å². The molecule has 0 radical (unpaired) electrons. The Morgan fingerprint density at radius 1 is 1.10 bits per heavy atom. The number of halogens is 5. The number of primary sulfonamides is 1. The number of carbonyl (C=O) groups is 1. The molecule has 0 unspecified atom stereocenters. The van der Waals surface area contributed by atoms with Crippen LogP contribution in [0.4, 0.5) is 22.0 Å². The summed E-state index contributed by atoms with van der Waals surface area (Å²) in [6.45, 7) is 0. The maximum atomic E-state index is 13.9. The molecule has 1 aromatic heterocycles. The minimum absolute atomic E-state index is 0.0190. The molecular formula is C18H13F5N4O3S. The molecule has 1 amide bonds. The molecule has 0 atom stereocenters. The molecule has 0 bridgehead atoms. The van der Waals surface area contributed by atoms with Gasteiger partial charge in [-0.2, -0.15) is 18.3 Å². The number of sulfonamides is 1. The molecule has 164 valence electrons. The largest absolute Gasteiger partial charge is 0.419 e. The summed E-state index contributed by atoms with van der Waals surface area (Å²) in [4.78, 5) is 10.7. The number of carbonyl (C=O) groups excluding carboxylic acids is 1. The number of primary amides is 1. The Bertz CT molecular complexity index is 1290. The fourth-order valence-electron chi connectivity index (χ4n) is 2.98. The van der Waals surface area contributed by atoms with Gasteiger partial charge in [0.05, 0.1) is 23.9 Å². The SMILES string of the molecule is NC(=O)Cc1ccc(-n2cc(C(F)(F)F)cn2)c(S(N)(=O)=O)c1-c1ccc(F)c(F)c1. The van der Waals surface area contributed by atoms with Crippen molar-refractivity contribution in [3.05, 3.63) is 65.5 Å². The highest BCUT2D eigenvalue weighted by Gasteiger charge is 2.33. The standard InChI is InChI=1S/C18H13F5N4O3S/c19-12-3-1-9(5-13(12)20)16-10(6-15(24)28)2-4-14(17(16)31(25,29)30)27-8-11(7-26-27)18(21,22)23/h1-5,7-8H,6H2,(H2,24,28)(H2,25,29,30). The first kappa shape index (κ1) is 22.4. The van der Waals surface area contributed by atoms with Gasteiger partial charge in [-0.3, -0.25) is 4.79 Å². The van der Waals surface area contributed by atoms with Crippen molar-refractivity contribution in [1.29, 1.82) is 0 Å². The van der Waals surface area contributed by atoms with Crippen LogP contribution in [0.5, 0.6) is 0 Å². The van der Waals surface area contributed by atoms with Gasteiger partial charge in [-0.25, -0.2) is 27.0 Å². The Balaban J connectivity index is 2.40. The Labute approximate surface area is 172 Å². The van der Waals surface area contributed by atoms with E-state index in [1.54, 1.807) is 0 Å². The number of hydrogen-bond donors (Lipinski definition) is 2. The number of nitrogens with zero attached hydrogens (tertiary/aromatic N) is 2. The van der Waals surface area contributed by atoms with Crippen molar-refractivity contribution >= 4 is 15.9 Å². The van der Waals surface area contributed by atoms with Crippen molar-refractivity contribution < 1.29 is 35.2 Å². The summed E-state index contributed by atoms with van der Waals surface area (Å²) in [7, 11) is -4.68. The summed E-state index contributed by atoms with van der Waals surface area (Å²) in [5, 5.41) is 8.85. The molecule has 31 heavy (non-hydrogen) atoms. The average Bonchev–Trinajstić information content (AvgIpc) is 3.13. The first-order valence-corrected chi connectivity index (χ1v) is 9.88. The monoisotopic (exact) mass is 460 g/mol. The molecule has 3 aromatic rings. The zero-order valence-corrected chi connectivity index (χ0v) is 16.1. The van der Waals surface area contributed by atoms with E-state index in [4.69, 9.17) is 10.9 Å². The van der Waals surface area contributed by atoms with Gasteiger partial charge in [0.1, 0.15) is 4.90 Å². The lowest BCUT2D eigenvalue weighted by atomic mass is 9.96. The molecule has 0 aliphatic carbocycles. The van der Waals surface area contributed by atoms with Gasteiger partial charge in [0.2, 0.25) is 15.9 Å². The molecule has 0 aliphatic heterocycles. The summed E-state index contributed by atoms with van der Waals surface area (Å²) in [5.41, 5.74) is 3.10. The maximum absolute atomic E-state index is 13.9. The van der Waals surface area contributed by atoms with Gasteiger partial charge in [0, 0.05) is 11.8 Å². The average molecular weight is 460 g/mol. The minimum Gasteiger partial charge on any atom is -0.369 e. The van der Waals surface area contributed by atoms with Crippen LogP contribution in [-0.2, 0) is 27.4 Å². The Kier molecular flexibility index (Phi) is 5.58. The first-order valence-electron chi connectivity index (χ1n) is 8.33. The summed E-state index contributed by atoms with van der Waals surface area (Å²) >= 11 is 0. The summed E-state index contributed by atoms with van der Waals surface area (Å²) in [6, 6.07) is 4.70. The van der Waals surface area contributed by atoms with Crippen molar-refractivity contribution in [2.24, 2.45) is 10.9 Å². The van der Waals surface area contributed by atoms with E-state index in [1.165, 1.54) is 6.07 Å². The number of amides is 1. The van der Waals surface area contributed by atoms with Crippen LogP contribution in [0.3, 0.4) is 0 Å². The van der Waals surface area contributed by atoms with Crippen molar-refractivity contribution in [1.82, 2.24) is 9.78 Å². The van der Waals surface area contributed by atoms with Crippen molar-refractivity contribution in [2.75, 3.05) is 0 Å². The topological polar surface area (TPSA) is 121 Å². The predicted molar refractivity (Wildman–Crippen MR) is 98.2 cm³/mol. The molecule has 7 nitrogen and oxygen atoms in total. The molecule has 0 aliphatic rings. The van der Waals surface area contributed by atoms with Crippen LogP contribution in [0.15, 0.2) is 47.6 Å². The second-order valence-electron chi connectivity index (χ2n) is 6.44. The van der Waals surface area contributed by atoms with Crippen LogP contribution in [0.25, 0.3) is 16.8 Å². The molecular weight excluding hydrogens is 447 g/mol. The smallest absolute Gasteiger partial charge is 0.369 e. The number of hydrogen-bond acceptors (Lipinski definition) is 4. The van der Waals surface area contributed by atoms with Crippen molar-refractivity contribution in [3.8, 4) is 16.8 Å². The molecule has 13 heteroatoms. The zero-order valence-electron chi connectivity index (χ0n) is 15.3. The van der Waals surface area contributed by atoms with Crippen LogP contribution in [-0.4, -0.2) is 24.1 Å². The van der Waals surface area contributed by atoms with Crippen molar-refractivity contribution in [3.63, 3.8) is 0 Å². The fourth-order valence-corrected chi connectivity index (χ4v) is 3.97. The maximum Gasteiger partial charge on any atom is 0.419 e. The van der Waals surface area contributed by atoms with E-state index >= 15 is 0 Å². The summed E-state index contributed by atoms with van der Waals surface area (Å²) < 4.78 is 91.7. The highest BCUT2D eigenvalue weighted by molar-refractivity contribution is 7.89. The van der Waals surface area contributed by atoms with Gasteiger partial charge in [-0.1, -0.05) is 12.1 Å². The number of alkyl halides is 3. The van der Waals surface area contributed by atoms with Crippen LogP contribution >= 0.6 is 0 Å². The highest BCUT2D eigenvalue weighted by atomic mass is 32.2. The normalized spacial score (nSPS) is 12.2. The summed E-state index contributed by atoms with van der Waals surface area (Å²) in [6.07, 6.45) is -4.26. The third-order valence-corrected chi connectivity index (χ3v) is 5.22. The van der Waals surface area contributed by atoms with Crippen LogP contribution in [0, 0.1) is 11.6 Å². The molecule has 1 heterocycles. The first-order chi connectivity index (χ1) is 14.3. The second kappa shape index (κ2) is 7.74. The van der Waals surface area contributed by atoms with E-state index < -0.39 is 56.3 Å². The third kappa shape index (κ3) is 4.56. The molecule has 3 rings (SSSR count). The van der Waals surface area contributed by atoms with Crippen LogP contribution in [0.1, 0.15) is 11.1 Å². The lowest BCUT2D eigenvalue weighted by Gasteiger charge is -2.17. The lowest BCUT2D eigenvalue weighted by molar-refractivity contribution is -0.137. The molecule has 0 saturated carbocycles. The number of nitrogens with two attached hydrogens (primary N) is 2. The van der Waals surface area contributed by atoms with Gasteiger partial charge in [0.25, 0.3) is 0 Å². The highest BCUT2D eigenvalue weighted by Crippen LogP contribution is 2.37. The predicted octanol–water partition coefficient (Wildman–Crippen LogP) is 2.51. The van der Waals surface area contributed by atoms with Gasteiger partial charge in [-0.05, 0) is 29.3 Å². The van der Waals surface area contributed by atoms with Crippen LogP contribution < -0.4 is 10.9 Å². The van der Waals surface area contributed by atoms with Crippen molar-refractivity contribution in [2.45, 2.75) is 17.5 Å². The summed E-state index contributed by atoms with van der Waals surface area (Å²) in [5.74, 6) is -3.43. The van der Waals surface area contributed by atoms with E-state index in [2.05, 4.69) is 5.10 Å². The lowest BCUT2D eigenvalue weighted by Crippen LogP contribution is -2.20. The molecule has 4 N–H and O–H groups in total. The van der Waals surface area contributed by atoms with E-state index in [0.717, 1.165) is 12.1 Å². The van der Waals surface area contributed by atoms with E-state index in [-0.39, 0.29) is 16.7 Å². The van der Waals surface area contributed by atoms with Gasteiger partial charge < -0.3 is 5.73 Å². The van der Waals surface area contributed by atoms with Gasteiger partial charge in [-0.15, -0.1) is 0 Å². The quantitative estimate of drug-likeness (QED) is 0.569. The van der Waals surface area contributed by atoms with E-state index in [1.807, 2.05) is 0 Å². The number of benzene rings is 2.